The van der Waals surface area contributed by atoms with E-state index >= 15 is 0 Å². The van der Waals surface area contributed by atoms with Gasteiger partial charge in [-0.2, -0.15) is 0 Å². The number of hydrogen-bond donors (Lipinski definition) is 1. The molecule has 0 unspecified atom stereocenters. The van der Waals surface area contributed by atoms with Gasteiger partial charge in [-0.05, 0) is 42.8 Å². The highest BCUT2D eigenvalue weighted by molar-refractivity contribution is 7.91. The number of sulfone groups is 1. The molecule has 0 fully saturated rings. The Balaban J connectivity index is 2.44. The number of benzene rings is 1. The third-order valence-electron chi connectivity index (χ3n) is 2.57. The van der Waals surface area contributed by atoms with E-state index in [0.717, 1.165) is 5.56 Å². The van der Waals surface area contributed by atoms with E-state index in [1.807, 2.05) is 6.92 Å². The number of nitrogens with zero attached hydrogens (tertiary/aromatic N) is 1. The second-order valence-corrected chi connectivity index (χ2v) is 5.90. The van der Waals surface area contributed by atoms with E-state index in [9.17, 15) is 13.2 Å². The van der Waals surface area contributed by atoms with E-state index in [-0.39, 0.29) is 15.5 Å². The maximum absolute atomic E-state index is 12.2. The van der Waals surface area contributed by atoms with Gasteiger partial charge in [-0.25, -0.2) is 18.2 Å². The predicted octanol–water partition coefficient (Wildman–Crippen LogP) is 1.92. The van der Waals surface area contributed by atoms with E-state index in [1.165, 1.54) is 36.5 Å². The van der Waals surface area contributed by atoms with Gasteiger partial charge in [0.15, 0.2) is 5.03 Å². The van der Waals surface area contributed by atoms with Crippen LogP contribution >= 0.6 is 0 Å². The van der Waals surface area contributed by atoms with Crippen molar-refractivity contribution in [2.45, 2.75) is 16.8 Å². The smallest absolute Gasteiger partial charge is 0.335 e. The number of carbonyl (C=O) groups is 1. The minimum absolute atomic E-state index is 0.0221. The highest BCUT2D eigenvalue weighted by Gasteiger charge is 2.19. The van der Waals surface area contributed by atoms with Gasteiger partial charge >= 0.3 is 5.97 Å². The molecule has 1 N–H and O–H groups in total. The molecular weight excluding hydrogens is 266 g/mol. The van der Waals surface area contributed by atoms with Crippen molar-refractivity contribution in [2.24, 2.45) is 0 Å². The van der Waals surface area contributed by atoms with Crippen LogP contribution in [0.25, 0.3) is 0 Å². The molecule has 0 aliphatic rings. The lowest BCUT2D eigenvalue weighted by atomic mass is 10.2. The van der Waals surface area contributed by atoms with Crippen molar-refractivity contribution >= 4 is 15.8 Å². The Bertz CT molecular complexity index is 703. The number of carboxylic acid groups (broad SMARTS) is 1. The van der Waals surface area contributed by atoms with Crippen LogP contribution in [0.2, 0.25) is 0 Å². The fraction of sp³-hybridized carbons (Fsp3) is 0.0769. The van der Waals surface area contributed by atoms with E-state index in [4.69, 9.17) is 5.11 Å². The van der Waals surface area contributed by atoms with Crippen LogP contribution in [0, 0.1) is 6.92 Å². The summed E-state index contributed by atoms with van der Waals surface area (Å²) < 4.78 is 24.4. The number of hydrogen-bond acceptors (Lipinski definition) is 4. The molecule has 6 heteroatoms. The normalized spacial score (nSPS) is 11.2. The molecule has 19 heavy (non-hydrogen) atoms. The van der Waals surface area contributed by atoms with Crippen LogP contribution in [0.4, 0.5) is 0 Å². The van der Waals surface area contributed by atoms with Crippen molar-refractivity contribution in [3.8, 4) is 0 Å². The quantitative estimate of drug-likeness (QED) is 0.926. The maximum Gasteiger partial charge on any atom is 0.335 e. The molecule has 0 bridgehead atoms. The molecule has 98 valence electrons. The molecule has 0 spiro atoms. The Morgan fingerprint density at radius 2 is 1.74 bits per heavy atom. The lowest BCUT2D eigenvalue weighted by molar-refractivity contribution is 0.0697. The number of aryl methyl sites for hydroxylation is 1. The zero-order valence-electron chi connectivity index (χ0n) is 10.1. The first kappa shape index (κ1) is 13.2. The van der Waals surface area contributed by atoms with E-state index in [2.05, 4.69) is 4.98 Å². The third kappa shape index (κ3) is 2.63. The molecule has 0 aliphatic heterocycles. The van der Waals surface area contributed by atoms with Crippen LogP contribution in [0.5, 0.6) is 0 Å². The van der Waals surface area contributed by atoms with Crippen LogP contribution in [-0.4, -0.2) is 24.5 Å². The summed E-state index contributed by atoms with van der Waals surface area (Å²) in [5.41, 5.74) is 0.899. The zero-order chi connectivity index (χ0) is 14.0. The van der Waals surface area contributed by atoms with E-state index in [0.29, 0.717) is 0 Å². The molecule has 0 amide bonds. The summed E-state index contributed by atoms with van der Waals surface area (Å²) in [6.45, 7) is 1.81. The van der Waals surface area contributed by atoms with Crippen LogP contribution in [-0.2, 0) is 9.84 Å². The molecule has 2 rings (SSSR count). The fourth-order valence-corrected chi connectivity index (χ4v) is 2.69. The summed E-state index contributed by atoms with van der Waals surface area (Å²) in [5, 5.41) is 8.71. The first-order valence-corrected chi connectivity index (χ1v) is 6.91. The average molecular weight is 277 g/mol. The summed E-state index contributed by atoms with van der Waals surface area (Å²) in [4.78, 5) is 14.6. The number of aromatic nitrogens is 1. The zero-order valence-corrected chi connectivity index (χ0v) is 10.9. The SMILES string of the molecule is Cc1ccc(S(=O)(=O)c2ccc(C(=O)O)cc2)nc1. The van der Waals surface area contributed by atoms with Gasteiger partial charge in [0.05, 0.1) is 10.5 Å². The van der Waals surface area contributed by atoms with Crippen molar-refractivity contribution in [2.75, 3.05) is 0 Å². The van der Waals surface area contributed by atoms with Crippen LogP contribution < -0.4 is 0 Å². The Labute approximate surface area is 110 Å². The van der Waals surface area contributed by atoms with Crippen LogP contribution in [0.15, 0.2) is 52.5 Å². The highest BCUT2D eigenvalue weighted by atomic mass is 32.2. The van der Waals surface area contributed by atoms with Crippen molar-refractivity contribution in [1.29, 1.82) is 0 Å². The molecule has 1 aromatic carbocycles. The number of pyridine rings is 1. The Hall–Kier alpha value is -2.21. The second kappa shape index (κ2) is 4.81. The Morgan fingerprint density at radius 1 is 1.11 bits per heavy atom. The predicted molar refractivity (Wildman–Crippen MR) is 67.8 cm³/mol. The molecule has 0 aliphatic carbocycles. The fourth-order valence-electron chi connectivity index (χ4n) is 1.51. The molecule has 1 aromatic heterocycles. The van der Waals surface area contributed by atoms with Gasteiger partial charge in [0.2, 0.25) is 9.84 Å². The molecule has 0 radical (unpaired) electrons. The van der Waals surface area contributed by atoms with Crippen molar-refractivity contribution in [3.63, 3.8) is 0 Å². The van der Waals surface area contributed by atoms with E-state index < -0.39 is 15.8 Å². The van der Waals surface area contributed by atoms with Crippen LogP contribution in [0.3, 0.4) is 0 Å². The summed E-state index contributed by atoms with van der Waals surface area (Å²) in [7, 11) is -3.70. The van der Waals surface area contributed by atoms with Crippen molar-refractivity contribution in [1.82, 2.24) is 4.98 Å². The topological polar surface area (TPSA) is 84.3 Å². The molecule has 0 saturated carbocycles. The first-order valence-electron chi connectivity index (χ1n) is 5.42. The van der Waals surface area contributed by atoms with Crippen molar-refractivity contribution in [3.05, 3.63) is 53.7 Å². The lowest BCUT2D eigenvalue weighted by Gasteiger charge is -2.04. The van der Waals surface area contributed by atoms with Gasteiger partial charge in [-0.1, -0.05) is 6.07 Å². The third-order valence-corrected chi connectivity index (χ3v) is 4.26. The molecule has 0 saturated heterocycles. The number of rotatable bonds is 3. The maximum atomic E-state index is 12.2. The molecule has 0 atom stereocenters. The minimum Gasteiger partial charge on any atom is -0.478 e. The van der Waals surface area contributed by atoms with Crippen molar-refractivity contribution < 1.29 is 18.3 Å². The van der Waals surface area contributed by atoms with Gasteiger partial charge in [0.1, 0.15) is 0 Å². The standard InChI is InChI=1S/C13H11NO4S/c1-9-2-7-12(14-8-9)19(17,18)11-5-3-10(4-6-11)13(15)16/h2-8H,1H3,(H,15,16). The minimum atomic E-state index is -3.70. The Morgan fingerprint density at radius 3 is 2.21 bits per heavy atom. The largest absolute Gasteiger partial charge is 0.478 e. The molecule has 1 heterocycles. The average Bonchev–Trinajstić information content (AvgIpc) is 2.39. The van der Waals surface area contributed by atoms with Gasteiger partial charge in [0.25, 0.3) is 0 Å². The van der Waals surface area contributed by atoms with Gasteiger partial charge < -0.3 is 5.11 Å². The monoisotopic (exact) mass is 277 g/mol. The molecular formula is C13H11NO4S. The second-order valence-electron chi connectivity index (χ2n) is 4.01. The van der Waals surface area contributed by atoms with Crippen LogP contribution in [0.1, 0.15) is 15.9 Å². The summed E-state index contributed by atoms with van der Waals surface area (Å²) in [6.07, 6.45) is 1.47. The summed E-state index contributed by atoms with van der Waals surface area (Å²) in [6, 6.07) is 8.12. The lowest BCUT2D eigenvalue weighted by Crippen LogP contribution is -2.05. The highest BCUT2D eigenvalue weighted by Crippen LogP contribution is 2.19. The summed E-state index contributed by atoms with van der Waals surface area (Å²) >= 11 is 0. The molecule has 5 nitrogen and oxygen atoms in total. The van der Waals surface area contributed by atoms with Gasteiger partial charge in [-0.3, -0.25) is 0 Å². The number of carboxylic acids is 1. The molecule has 2 aromatic rings. The summed E-state index contributed by atoms with van der Waals surface area (Å²) in [5.74, 6) is -1.10. The number of aromatic carboxylic acids is 1. The Kier molecular flexibility index (Phi) is 3.35. The van der Waals surface area contributed by atoms with Gasteiger partial charge in [-0.15, -0.1) is 0 Å². The van der Waals surface area contributed by atoms with E-state index in [1.54, 1.807) is 6.07 Å². The first-order chi connectivity index (χ1) is 8.91. The van der Waals surface area contributed by atoms with Gasteiger partial charge in [0, 0.05) is 6.20 Å².